The molecule has 1 heterocycles. The molecule has 0 aromatic heterocycles. The van der Waals surface area contributed by atoms with Crippen molar-refractivity contribution < 1.29 is 14.3 Å². The van der Waals surface area contributed by atoms with Crippen molar-refractivity contribution in [1.82, 2.24) is 9.80 Å². The van der Waals surface area contributed by atoms with E-state index in [2.05, 4.69) is 0 Å². The van der Waals surface area contributed by atoms with Gasteiger partial charge in [-0.2, -0.15) is 0 Å². The molecule has 1 aromatic rings. The van der Waals surface area contributed by atoms with Crippen LogP contribution in [0.4, 0.5) is 0 Å². The van der Waals surface area contributed by atoms with E-state index in [1.807, 2.05) is 29.2 Å². The lowest BCUT2D eigenvalue weighted by molar-refractivity contribution is -0.148. The van der Waals surface area contributed by atoms with E-state index in [1.165, 1.54) is 12.8 Å². The minimum Gasteiger partial charge on any atom is -0.497 e. The summed E-state index contributed by atoms with van der Waals surface area (Å²) in [5.74, 6) is 1.04. The van der Waals surface area contributed by atoms with Crippen LogP contribution in [0.15, 0.2) is 24.3 Å². The molecule has 1 saturated heterocycles. The van der Waals surface area contributed by atoms with Gasteiger partial charge >= 0.3 is 0 Å². The predicted molar refractivity (Wildman–Crippen MR) is 94.5 cm³/mol. The summed E-state index contributed by atoms with van der Waals surface area (Å²) in [6.07, 6.45) is 6.42. The summed E-state index contributed by atoms with van der Waals surface area (Å²) in [5, 5.41) is 0. The molecule has 134 valence electrons. The maximum absolute atomic E-state index is 13.1. The number of hydrogen-bond acceptors (Lipinski definition) is 3. The summed E-state index contributed by atoms with van der Waals surface area (Å²) in [6, 6.07) is 8.19. The van der Waals surface area contributed by atoms with Crippen molar-refractivity contribution in [3.63, 3.8) is 0 Å². The van der Waals surface area contributed by atoms with Gasteiger partial charge in [-0.3, -0.25) is 9.59 Å². The Morgan fingerprint density at radius 1 is 1.12 bits per heavy atom. The van der Waals surface area contributed by atoms with Crippen molar-refractivity contribution in [2.45, 2.75) is 50.0 Å². The highest BCUT2D eigenvalue weighted by Gasteiger charge is 2.53. The third kappa shape index (κ3) is 2.90. The zero-order chi connectivity index (χ0) is 17.4. The van der Waals surface area contributed by atoms with E-state index in [4.69, 9.17) is 4.74 Å². The van der Waals surface area contributed by atoms with Crippen LogP contribution in [0.3, 0.4) is 0 Å². The number of benzene rings is 1. The van der Waals surface area contributed by atoms with Gasteiger partial charge in [0.15, 0.2) is 0 Å². The first-order valence-corrected chi connectivity index (χ1v) is 9.37. The lowest BCUT2D eigenvalue weighted by Gasteiger charge is -2.39. The van der Waals surface area contributed by atoms with E-state index in [1.54, 1.807) is 12.0 Å². The largest absolute Gasteiger partial charge is 0.497 e. The highest BCUT2D eigenvalue weighted by Crippen LogP contribution is 2.50. The van der Waals surface area contributed by atoms with Crippen LogP contribution in [0.1, 0.15) is 44.1 Å². The number of carbonyl (C=O) groups excluding carboxylic acids is 2. The van der Waals surface area contributed by atoms with Crippen LogP contribution in [0.5, 0.6) is 5.75 Å². The van der Waals surface area contributed by atoms with Gasteiger partial charge in [-0.05, 0) is 43.4 Å². The summed E-state index contributed by atoms with van der Waals surface area (Å²) in [6.45, 7) is 1.60. The summed E-state index contributed by atoms with van der Waals surface area (Å²) in [7, 11) is 1.64. The number of hydrogen-bond donors (Lipinski definition) is 0. The highest BCUT2D eigenvalue weighted by atomic mass is 16.5. The van der Waals surface area contributed by atoms with E-state index in [0.717, 1.165) is 37.0 Å². The number of carbonyl (C=O) groups is 2. The molecule has 0 spiro atoms. The van der Waals surface area contributed by atoms with Crippen molar-refractivity contribution in [3.05, 3.63) is 29.8 Å². The number of nitrogens with zero attached hydrogens (tertiary/aromatic N) is 2. The van der Waals surface area contributed by atoms with E-state index in [9.17, 15) is 9.59 Å². The van der Waals surface area contributed by atoms with Crippen molar-refractivity contribution in [3.8, 4) is 5.75 Å². The Hall–Kier alpha value is -2.04. The Balaban J connectivity index is 1.45. The van der Waals surface area contributed by atoms with E-state index < -0.39 is 5.41 Å². The van der Waals surface area contributed by atoms with Crippen LogP contribution in [-0.4, -0.2) is 54.4 Å². The third-order valence-electron chi connectivity index (χ3n) is 6.11. The fourth-order valence-electron chi connectivity index (χ4n) is 4.43. The van der Waals surface area contributed by atoms with Gasteiger partial charge in [0, 0.05) is 19.1 Å². The van der Waals surface area contributed by atoms with Crippen molar-refractivity contribution in [2.24, 2.45) is 0 Å². The van der Waals surface area contributed by atoms with E-state index >= 15 is 0 Å². The van der Waals surface area contributed by atoms with Crippen LogP contribution >= 0.6 is 0 Å². The van der Waals surface area contributed by atoms with Gasteiger partial charge in [0.2, 0.25) is 11.8 Å². The van der Waals surface area contributed by atoms with Crippen LogP contribution in [0, 0.1) is 0 Å². The molecule has 0 atom stereocenters. The first-order valence-electron chi connectivity index (χ1n) is 9.37. The molecule has 2 saturated carbocycles. The Bertz CT molecular complexity index is 660. The van der Waals surface area contributed by atoms with Crippen molar-refractivity contribution in [2.75, 3.05) is 26.7 Å². The topological polar surface area (TPSA) is 49.9 Å². The molecule has 5 heteroatoms. The molecule has 25 heavy (non-hydrogen) atoms. The normalized spacial score (nSPS) is 23.0. The summed E-state index contributed by atoms with van der Waals surface area (Å²) < 4.78 is 5.21. The monoisotopic (exact) mass is 342 g/mol. The Labute approximate surface area is 148 Å². The molecule has 0 N–H and O–H groups in total. The molecular weight excluding hydrogens is 316 g/mol. The lowest BCUT2D eigenvalue weighted by Crippen LogP contribution is -2.56. The minimum atomic E-state index is -0.415. The number of methoxy groups -OCH3 is 1. The summed E-state index contributed by atoms with van der Waals surface area (Å²) >= 11 is 0. The number of amides is 2. The first-order chi connectivity index (χ1) is 12.1. The molecule has 1 aliphatic heterocycles. The smallest absolute Gasteiger partial charge is 0.242 e. The zero-order valence-electron chi connectivity index (χ0n) is 14.9. The predicted octanol–water partition coefficient (Wildman–Crippen LogP) is 2.34. The average Bonchev–Trinajstić information content (AvgIpc) is 3.28. The van der Waals surface area contributed by atoms with Gasteiger partial charge in [-0.25, -0.2) is 0 Å². The molecule has 1 aromatic carbocycles. The quantitative estimate of drug-likeness (QED) is 0.844. The average molecular weight is 342 g/mol. The van der Waals surface area contributed by atoms with Crippen LogP contribution in [0.2, 0.25) is 0 Å². The van der Waals surface area contributed by atoms with Crippen LogP contribution < -0.4 is 4.74 Å². The highest BCUT2D eigenvalue weighted by molar-refractivity contribution is 5.94. The Kier molecular flexibility index (Phi) is 4.18. The molecule has 0 radical (unpaired) electrons. The molecule has 2 amide bonds. The standard InChI is InChI=1S/C20H26N2O3/c1-25-17-8-6-15(7-9-17)20(10-11-20)19(24)21-12-13-22(18(23)14-21)16-4-2-3-5-16/h6-9,16H,2-5,10-14H2,1H3. The molecular formula is C20H26N2O3. The van der Waals surface area contributed by atoms with Crippen molar-refractivity contribution in [1.29, 1.82) is 0 Å². The molecule has 2 aliphatic carbocycles. The van der Waals surface area contributed by atoms with E-state index in [0.29, 0.717) is 19.1 Å². The molecule has 0 bridgehead atoms. The summed E-state index contributed by atoms with van der Waals surface area (Å²) in [4.78, 5) is 29.5. The second-order valence-electron chi connectivity index (χ2n) is 7.56. The van der Waals surface area contributed by atoms with Crippen molar-refractivity contribution >= 4 is 11.8 Å². The molecule has 4 rings (SSSR count). The number of ether oxygens (including phenoxy) is 1. The van der Waals surface area contributed by atoms with Gasteiger partial charge in [0.1, 0.15) is 5.75 Å². The molecule has 0 unspecified atom stereocenters. The fourth-order valence-corrected chi connectivity index (χ4v) is 4.43. The maximum atomic E-state index is 13.1. The van der Waals surface area contributed by atoms with Gasteiger partial charge < -0.3 is 14.5 Å². The van der Waals surface area contributed by atoms with Crippen LogP contribution in [-0.2, 0) is 15.0 Å². The molecule has 3 aliphatic rings. The Morgan fingerprint density at radius 2 is 1.80 bits per heavy atom. The molecule has 3 fully saturated rings. The maximum Gasteiger partial charge on any atom is 0.242 e. The van der Waals surface area contributed by atoms with E-state index in [-0.39, 0.29) is 18.4 Å². The summed E-state index contributed by atoms with van der Waals surface area (Å²) in [5.41, 5.74) is 0.631. The first kappa shape index (κ1) is 16.4. The SMILES string of the molecule is COc1ccc(C2(C(=O)N3CCN(C4CCCC4)C(=O)C3)CC2)cc1. The lowest BCUT2D eigenvalue weighted by atomic mass is 9.93. The van der Waals surface area contributed by atoms with Gasteiger partial charge in [-0.15, -0.1) is 0 Å². The van der Waals surface area contributed by atoms with Gasteiger partial charge in [0.05, 0.1) is 19.1 Å². The Morgan fingerprint density at radius 3 is 2.36 bits per heavy atom. The fraction of sp³-hybridized carbons (Fsp3) is 0.600. The number of rotatable bonds is 4. The second kappa shape index (κ2) is 6.36. The third-order valence-corrected chi connectivity index (χ3v) is 6.11. The van der Waals surface area contributed by atoms with Crippen LogP contribution in [0.25, 0.3) is 0 Å². The van der Waals surface area contributed by atoms with Gasteiger partial charge in [0.25, 0.3) is 0 Å². The van der Waals surface area contributed by atoms with Gasteiger partial charge in [-0.1, -0.05) is 25.0 Å². The second-order valence-corrected chi connectivity index (χ2v) is 7.56. The number of piperazine rings is 1. The zero-order valence-corrected chi connectivity index (χ0v) is 14.9. The molecule has 5 nitrogen and oxygen atoms in total. The minimum absolute atomic E-state index is 0.122.